The molecule has 0 amide bonds. The highest BCUT2D eigenvalue weighted by Crippen LogP contribution is 2.09. The van der Waals surface area contributed by atoms with Gasteiger partial charge < -0.3 is 10.2 Å². The molecule has 1 atom stereocenters. The molecule has 17 heavy (non-hydrogen) atoms. The average Bonchev–Trinajstić information content (AvgIpc) is 2.82. The van der Waals surface area contributed by atoms with Gasteiger partial charge in [0.05, 0.1) is 11.6 Å². The molecular weight excluding hydrogens is 210 g/mol. The lowest BCUT2D eigenvalue weighted by molar-refractivity contribution is 0.293. The van der Waals surface area contributed by atoms with E-state index in [4.69, 9.17) is 5.26 Å². The van der Waals surface area contributed by atoms with Gasteiger partial charge in [0, 0.05) is 19.1 Å². The number of hydrogen-bond donors (Lipinski definition) is 1. The minimum Gasteiger partial charge on any atom is -0.313 e. The maximum atomic E-state index is 8.73. The van der Waals surface area contributed by atoms with Crippen molar-refractivity contribution in [2.24, 2.45) is 0 Å². The topological polar surface area (TPSA) is 39.1 Å². The molecule has 1 aromatic rings. The van der Waals surface area contributed by atoms with E-state index in [0.29, 0.717) is 6.04 Å². The first-order valence-electron chi connectivity index (χ1n) is 6.19. The Bertz CT molecular complexity index is 385. The molecule has 1 unspecified atom stereocenters. The molecule has 1 heterocycles. The van der Waals surface area contributed by atoms with E-state index < -0.39 is 0 Å². The number of likely N-dealkylation sites (N-methyl/N-ethyl adjacent to an activating group) is 1. The van der Waals surface area contributed by atoms with E-state index in [1.807, 2.05) is 24.3 Å². The second kappa shape index (κ2) is 5.81. The van der Waals surface area contributed by atoms with Gasteiger partial charge in [-0.05, 0) is 44.1 Å². The molecule has 0 spiro atoms. The summed E-state index contributed by atoms with van der Waals surface area (Å²) in [6, 6.07) is 10.6. The van der Waals surface area contributed by atoms with E-state index in [2.05, 4.69) is 23.3 Å². The summed E-state index contributed by atoms with van der Waals surface area (Å²) in [6.45, 7) is 3.21. The Kier molecular flexibility index (Phi) is 4.13. The van der Waals surface area contributed by atoms with Crippen molar-refractivity contribution in [2.75, 3.05) is 20.1 Å². The van der Waals surface area contributed by atoms with E-state index >= 15 is 0 Å². The standard InChI is InChI=1S/C14H19N3/c1-17(11-14-3-2-8-16-14)10-13-6-4-12(9-15)5-7-13/h4-7,14,16H,2-3,8,10-11H2,1H3. The zero-order valence-electron chi connectivity index (χ0n) is 10.3. The summed E-state index contributed by atoms with van der Waals surface area (Å²) < 4.78 is 0. The van der Waals surface area contributed by atoms with Crippen molar-refractivity contribution >= 4 is 0 Å². The molecule has 1 aromatic carbocycles. The lowest BCUT2D eigenvalue weighted by atomic mass is 10.1. The van der Waals surface area contributed by atoms with E-state index in [9.17, 15) is 0 Å². The molecule has 0 radical (unpaired) electrons. The predicted octanol–water partition coefficient (Wildman–Crippen LogP) is 1.74. The van der Waals surface area contributed by atoms with Crippen molar-refractivity contribution in [3.8, 4) is 6.07 Å². The molecule has 90 valence electrons. The summed E-state index contributed by atoms with van der Waals surface area (Å²) in [5, 5.41) is 12.2. The smallest absolute Gasteiger partial charge is 0.0991 e. The van der Waals surface area contributed by atoms with Gasteiger partial charge in [-0.25, -0.2) is 0 Å². The number of nitrogens with zero attached hydrogens (tertiary/aromatic N) is 2. The zero-order chi connectivity index (χ0) is 12.1. The maximum Gasteiger partial charge on any atom is 0.0991 e. The third-order valence-electron chi connectivity index (χ3n) is 3.23. The molecule has 2 rings (SSSR count). The van der Waals surface area contributed by atoms with Crippen molar-refractivity contribution in [2.45, 2.75) is 25.4 Å². The Morgan fingerprint density at radius 3 is 2.76 bits per heavy atom. The third kappa shape index (κ3) is 3.55. The molecule has 0 aromatic heterocycles. The number of benzene rings is 1. The molecule has 3 heteroatoms. The molecular formula is C14H19N3. The second-order valence-corrected chi connectivity index (χ2v) is 4.80. The van der Waals surface area contributed by atoms with Crippen molar-refractivity contribution in [3.05, 3.63) is 35.4 Å². The lowest BCUT2D eigenvalue weighted by Gasteiger charge is -2.21. The van der Waals surface area contributed by atoms with Crippen molar-refractivity contribution in [1.29, 1.82) is 5.26 Å². The van der Waals surface area contributed by atoms with Crippen LogP contribution in [0, 0.1) is 11.3 Å². The Hall–Kier alpha value is -1.37. The number of rotatable bonds is 4. The van der Waals surface area contributed by atoms with Gasteiger partial charge in [0.2, 0.25) is 0 Å². The van der Waals surface area contributed by atoms with Crippen molar-refractivity contribution in [1.82, 2.24) is 10.2 Å². The van der Waals surface area contributed by atoms with Crippen LogP contribution in [0.15, 0.2) is 24.3 Å². The van der Waals surface area contributed by atoms with Gasteiger partial charge in [-0.1, -0.05) is 12.1 Å². The minimum atomic E-state index is 0.651. The van der Waals surface area contributed by atoms with E-state index in [1.54, 1.807) is 0 Å². The number of nitrogens with one attached hydrogen (secondary N) is 1. The first-order valence-corrected chi connectivity index (χ1v) is 6.19. The zero-order valence-corrected chi connectivity index (χ0v) is 10.3. The van der Waals surface area contributed by atoms with Gasteiger partial charge in [-0.15, -0.1) is 0 Å². The van der Waals surface area contributed by atoms with Crippen LogP contribution in [0.1, 0.15) is 24.0 Å². The van der Waals surface area contributed by atoms with Crippen LogP contribution in [-0.4, -0.2) is 31.1 Å². The molecule has 1 aliphatic rings. The van der Waals surface area contributed by atoms with Crippen LogP contribution in [-0.2, 0) is 6.54 Å². The highest BCUT2D eigenvalue weighted by Gasteiger charge is 2.15. The Balaban J connectivity index is 1.84. The van der Waals surface area contributed by atoms with Crippen molar-refractivity contribution < 1.29 is 0 Å². The van der Waals surface area contributed by atoms with Gasteiger partial charge in [-0.3, -0.25) is 0 Å². The number of hydrogen-bond acceptors (Lipinski definition) is 3. The molecule has 0 aliphatic carbocycles. The van der Waals surface area contributed by atoms with Crippen LogP contribution in [0.4, 0.5) is 0 Å². The minimum absolute atomic E-state index is 0.651. The van der Waals surface area contributed by atoms with Crippen LogP contribution in [0.2, 0.25) is 0 Å². The Labute approximate surface area is 103 Å². The van der Waals surface area contributed by atoms with Crippen LogP contribution < -0.4 is 5.32 Å². The Morgan fingerprint density at radius 2 is 2.18 bits per heavy atom. The van der Waals surface area contributed by atoms with Gasteiger partial charge >= 0.3 is 0 Å². The quantitative estimate of drug-likeness (QED) is 0.855. The number of nitriles is 1. The summed E-state index contributed by atoms with van der Waals surface area (Å²) in [5.41, 5.74) is 2.00. The molecule has 3 nitrogen and oxygen atoms in total. The lowest BCUT2D eigenvalue weighted by Crippen LogP contribution is -2.34. The van der Waals surface area contributed by atoms with Gasteiger partial charge in [0.15, 0.2) is 0 Å². The highest BCUT2D eigenvalue weighted by atomic mass is 15.1. The summed E-state index contributed by atoms with van der Waals surface area (Å²) in [7, 11) is 2.15. The van der Waals surface area contributed by atoms with Gasteiger partial charge in [-0.2, -0.15) is 5.26 Å². The fourth-order valence-corrected chi connectivity index (χ4v) is 2.35. The van der Waals surface area contributed by atoms with Crippen molar-refractivity contribution in [3.63, 3.8) is 0 Å². The summed E-state index contributed by atoms with van der Waals surface area (Å²) in [6.07, 6.45) is 2.59. The largest absolute Gasteiger partial charge is 0.313 e. The second-order valence-electron chi connectivity index (χ2n) is 4.80. The van der Waals surface area contributed by atoms with Gasteiger partial charge in [0.25, 0.3) is 0 Å². The van der Waals surface area contributed by atoms with Crippen LogP contribution in [0.5, 0.6) is 0 Å². The molecule has 0 saturated carbocycles. The third-order valence-corrected chi connectivity index (χ3v) is 3.23. The monoisotopic (exact) mass is 229 g/mol. The Morgan fingerprint density at radius 1 is 1.41 bits per heavy atom. The first-order chi connectivity index (χ1) is 8.28. The van der Waals surface area contributed by atoms with Crippen LogP contribution >= 0.6 is 0 Å². The van der Waals surface area contributed by atoms with E-state index in [1.165, 1.54) is 18.4 Å². The molecule has 1 saturated heterocycles. The highest BCUT2D eigenvalue weighted by molar-refractivity contribution is 5.31. The average molecular weight is 229 g/mol. The predicted molar refractivity (Wildman–Crippen MR) is 68.5 cm³/mol. The fraction of sp³-hybridized carbons (Fsp3) is 0.500. The normalized spacial score (nSPS) is 19.5. The van der Waals surface area contributed by atoms with Crippen LogP contribution in [0.25, 0.3) is 0 Å². The van der Waals surface area contributed by atoms with Gasteiger partial charge in [0.1, 0.15) is 0 Å². The molecule has 1 fully saturated rings. The summed E-state index contributed by atoms with van der Waals surface area (Å²) in [4.78, 5) is 2.34. The van der Waals surface area contributed by atoms with Crippen LogP contribution in [0.3, 0.4) is 0 Å². The first kappa shape index (κ1) is 12.1. The van der Waals surface area contributed by atoms with E-state index in [-0.39, 0.29) is 0 Å². The molecule has 1 aliphatic heterocycles. The van der Waals surface area contributed by atoms with E-state index in [0.717, 1.165) is 25.2 Å². The summed E-state index contributed by atoms with van der Waals surface area (Å²) >= 11 is 0. The molecule has 1 N–H and O–H groups in total. The maximum absolute atomic E-state index is 8.73. The fourth-order valence-electron chi connectivity index (χ4n) is 2.35. The molecule has 0 bridgehead atoms. The SMILES string of the molecule is CN(Cc1ccc(C#N)cc1)CC1CCCN1. The summed E-state index contributed by atoms with van der Waals surface area (Å²) in [5.74, 6) is 0.